The van der Waals surface area contributed by atoms with Crippen LogP contribution in [0.2, 0.25) is 0 Å². The van der Waals surface area contributed by atoms with E-state index in [1.54, 1.807) is 20.0 Å². The summed E-state index contributed by atoms with van der Waals surface area (Å²) in [7, 11) is 1.81. The number of pyridine rings is 1. The van der Waals surface area contributed by atoms with Crippen LogP contribution in [-0.4, -0.2) is 64.9 Å². The number of nitrogens with one attached hydrogen (secondary N) is 1. The zero-order valence-corrected chi connectivity index (χ0v) is 35.5. The average Bonchev–Trinajstić information content (AvgIpc) is 3.40. The first-order valence-corrected chi connectivity index (χ1v) is 21.2. The van der Waals surface area contributed by atoms with Gasteiger partial charge in [-0.1, -0.05) is 60.1 Å². The van der Waals surface area contributed by atoms with Gasteiger partial charge in [0.2, 0.25) is 5.91 Å². The van der Waals surface area contributed by atoms with Gasteiger partial charge in [0, 0.05) is 42.7 Å². The Bertz CT molecular complexity index is 1700. The third-order valence-electron chi connectivity index (χ3n) is 16.6. The zero-order valence-electron chi connectivity index (χ0n) is 35.5. The van der Waals surface area contributed by atoms with Gasteiger partial charge in [0.15, 0.2) is 5.78 Å². The SMILES string of the molecule is CNCC(=O)N(CC[C@@]12CC[C@]3(C)[C@H](CCC4[C@@]5(C)CC[C@H](OC(=O)CC(C)(C)C(=O)O)C(C)(C)C5CC[C@]43C)C1=C(C(C)C)C(=O)C2)Cc1cccnc1. The van der Waals surface area contributed by atoms with E-state index in [1.807, 2.05) is 30.3 Å². The van der Waals surface area contributed by atoms with Crippen LogP contribution in [0.25, 0.3) is 0 Å². The minimum atomic E-state index is -1.17. The number of hydrogen-bond donors (Lipinski definition) is 2. The van der Waals surface area contributed by atoms with Gasteiger partial charge in [-0.3, -0.25) is 24.2 Å². The van der Waals surface area contributed by atoms with Crippen molar-refractivity contribution < 1.29 is 29.0 Å². The third kappa shape index (κ3) is 6.90. The summed E-state index contributed by atoms with van der Waals surface area (Å²) in [6.45, 7) is 21.2. The molecule has 0 saturated heterocycles. The van der Waals surface area contributed by atoms with Crippen LogP contribution in [0.1, 0.15) is 139 Å². The number of nitrogens with zero attached hydrogens (tertiary/aromatic N) is 2. The Hall–Kier alpha value is -3.07. The number of amides is 1. The molecular weight excluding hydrogens is 691 g/mol. The first-order valence-electron chi connectivity index (χ1n) is 21.2. The molecule has 6 rings (SSSR count). The lowest BCUT2D eigenvalue weighted by Gasteiger charge is -2.72. The number of allylic oxidation sites excluding steroid dienone is 2. The van der Waals surface area contributed by atoms with Gasteiger partial charge in [0.25, 0.3) is 0 Å². The average molecular weight is 760 g/mol. The molecule has 0 aliphatic heterocycles. The summed E-state index contributed by atoms with van der Waals surface area (Å²) in [6.07, 6.45) is 12.7. The van der Waals surface area contributed by atoms with Crippen LogP contribution in [0.4, 0.5) is 0 Å². The van der Waals surface area contributed by atoms with Crippen molar-refractivity contribution in [2.24, 2.45) is 56.2 Å². The summed E-state index contributed by atoms with van der Waals surface area (Å²) in [5, 5.41) is 12.7. The number of carboxylic acids is 1. The predicted octanol–water partition coefficient (Wildman–Crippen LogP) is 8.41. The smallest absolute Gasteiger partial charge is 0.309 e. The Balaban J connectivity index is 1.27. The first-order chi connectivity index (χ1) is 25.7. The molecule has 1 aromatic rings. The summed E-state index contributed by atoms with van der Waals surface area (Å²) in [6, 6.07) is 3.94. The van der Waals surface area contributed by atoms with Gasteiger partial charge in [0.1, 0.15) is 6.10 Å². The number of ketones is 1. The van der Waals surface area contributed by atoms with Crippen LogP contribution < -0.4 is 5.32 Å². The van der Waals surface area contributed by atoms with Crippen LogP contribution in [0.15, 0.2) is 35.7 Å². The number of Topliss-reactive ketones (excluding diaryl/α,β-unsaturated/α-hetero) is 1. The summed E-state index contributed by atoms with van der Waals surface area (Å²) >= 11 is 0. The second-order valence-corrected chi connectivity index (χ2v) is 20.6. The molecule has 5 aliphatic rings. The molecule has 4 saturated carbocycles. The number of ether oxygens (including phenoxy) is 1. The third-order valence-corrected chi connectivity index (χ3v) is 16.6. The lowest BCUT2D eigenvalue weighted by atomic mass is 9.33. The Labute approximate surface area is 330 Å². The quantitative estimate of drug-likeness (QED) is 0.204. The van der Waals surface area contributed by atoms with E-state index in [-0.39, 0.29) is 58.0 Å². The van der Waals surface area contributed by atoms with Crippen molar-refractivity contribution in [3.05, 3.63) is 41.2 Å². The van der Waals surface area contributed by atoms with Crippen LogP contribution in [-0.2, 0) is 30.5 Å². The first kappa shape index (κ1) is 41.6. The minimum Gasteiger partial charge on any atom is -0.481 e. The number of hydrogen-bond acceptors (Lipinski definition) is 7. The van der Waals surface area contributed by atoms with Crippen molar-refractivity contribution in [2.45, 2.75) is 146 Å². The van der Waals surface area contributed by atoms with E-state index in [0.29, 0.717) is 43.0 Å². The highest BCUT2D eigenvalue weighted by molar-refractivity contribution is 6.00. The summed E-state index contributed by atoms with van der Waals surface area (Å²) < 4.78 is 6.19. The number of carbonyl (C=O) groups is 4. The monoisotopic (exact) mass is 760 g/mol. The van der Waals surface area contributed by atoms with E-state index in [4.69, 9.17) is 4.74 Å². The number of rotatable bonds is 12. The van der Waals surface area contributed by atoms with Crippen molar-refractivity contribution >= 4 is 23.6 Å². The van der Waals surface area contributed by atoms with Crippen LogP contribution in [0.5, 0.6) is 0 Å². The van der Waals surface area contributed by atoms with Crippen molar-refractivity contribution in [1.82, 2.24) is 15.2 Å². The minimum absolute atomic E-state index is 0.0285. The molecule has 55 heavy (non-hydrogen) atoms. The number of esters is 1. The normalized spacial score (nSPS) is 35.4. The van der Waals surface area contributed by atoms with E-state index >= 15 is 0 Å². The molecule has 0 bridgehead atoms. The summed E-state index contributed by atoms with van der Waals surface area (Å²) in [4.78, 5) is 58.9. The molecule has 4 fully saturated rings. The second-order valence-electron chi connectivity index (χ2n) is 20.6. The van der Waals surface area contributed by atoms with Crippen LogP contribution >= 0.6 is 0 Å². The number of aromatic nitrogens is 1. The Morgan fingerprint density at radius 1 is 1.00 bits per heavy atom. The van der Waals surface area contributed by atoms with Crippen LogP contribution in [0.3, 0.4) is 0 Å². The fraction of sp³-hybridized carbons (Fsp3) is 0.761. The topological polar surface area (TPSA) is 126 Å². The molecule has 0 spiro atoms. The molecule has 0 aromatic carbocycles. The Morgan fingerprint density at radius 3 is 2.36 bits per heavy atom. The van der Waals surface area contributed by atoms with E-state index in [9.17, 15) is 24.3 Å². The molecule has 2 N–H and O–H groups in total. The molecule has 1 aromatic heterocycles. The number of aliphatic carboxylic acids is 1. The highest BCUT2D eigenvalue weighted by atomic mass is 16.5. The molecule has 304 valence electrons. The van der Waals surface area contributed by atoms with Crippen molar-refractivity contribution in [2.75, 3.05) is 20.1 Å². The maximum atomic E-state index is 14.2. The number of likely N-dealkylation sites (N-methyl/N-ethyl adjacent to an activating group) is 1. The van der Waals surface area contributed by atoms with E-state index in [2.05, 4.69) is 58.8 Å². The molecule has 9 nitrogen and oxygen atoms in total. The van der Waals surface area contributed by atoms with Gasteiger partial charge >= 0.3 is 11.9 Å². The van der Waals surface area contributed by atoms with Gasteiger partial charge in [-0.05, 0) is 136 Å². The number of carbonyl (C=O) groups excluding carboxylic acids is 3. The summed E-state index contributed by atoms with van der Waals surface area (Å²) in [5.74, 6) is 0.340. The van der Waals surface area contributed by atoms with Crippen molar-refractivity contribution in [3.8, 4) is 0 Å². The van der Waals surface area contributed by atoms with E-state index in [0.717, 1.165) is 68.9 Å². The van der Waals surface area contributed by atoms with Gasteiger partial charge in [-0.2, -0.15) is 0 Å². The van der Waals surface area contributed by atoms with Crippen molar-refractivity contribution in [3.63, 3.8) is 0 Å². The van der Waals surface area contributed by atoms with Gasteiger partial charge in [-0.15, -0.1) is 0 Å². The zero-order chi connectivity index (χ0) is 40.4. The standard InChI is InChI=1S/C46H69N3O6/c1-29(2)38-32(50)24-46(21-23-49(36(51)27-47-10)28-30-12-11-22-48-26-30)20-19-44(8)31(39(38)46)13-14-34-43(7)17-16-35(55-37(52)25-41(3,4)40(53)54)42(5,6)33(43)15-18-45(34,44)9/h11-12,22,26,29,31,33-35,47H,13-21,23-25,27-28H2,1-10H3,(H,53,54)/t31-,33?,34?,35+,43+,44-,45-,46-/m1/s1. The molecule has 1 heterocycles. The summed E-state index contributed by atoms with van der Waals surface area (Å²) in [5.41, 5.74) is 2.07. The molecule has 9 heteroatoms. The lowest BCUT2D eigenvalue weighted by molar-refractivity contribution is -0.233. The van der Waals surface area contributed by atoms with Gasteiger partial charge in [0.05, 0.1) is 18.4 Å². The fourth-order valence-electron chi connectivity index (χ4n) is 13.5. The van der Waals surface area contributed by atoms with E-state index in [1.165, 1.54) is 5.57 Å². The van der Waals surface area contributed by atoms with Gasteiger partial charge in [-0.25, -0.2) is 0 Å². The fourth-order valence-corrected chi connectivity index (χ4v) is 13.5. The predicted molar refractivity (Wildman–Crippen MR) is 214 cm³/mol. The molecule has 2 unspecified atom stereocenters. The Morgan fingerprint density at radius 2 is 1.73 bits per heavy atom. The van der Waals surface area contributed by atoms with Crippen molar-refractivity contribution in [1.29, 1.82) is 0 Å². The largest absolute Gasteiger partial charge is 0.481 e. The molecule has 5 aliphatic carbocycles. The number of fused-ring (bicyclic) bond motifs is 7. The Kier molecular flexibility index (Phi) is 11.1. The van der Waals surface area contributed by atoms with E-state index < -0.39 is 17.4 Å². The maximum absolute atomic E-state index is 14.2. The van der Waals surface area contributed by atoms with Crippen LogP contribution in [0, 0.1) is 56.2 Å². The molecule has 1 amide bonds. The number of carboxylic acid groups (broad SMARTS) is 1. The molecule has 0 radical (unpaired) electrons. The van der Waals surface area contributed by atoms with Gasteiger partial charge < -0.3 is 20.1 Å². The molecule has 8 atom stereocenters. The highest BCUT2D eigenvalue weighted by Crippen LogP contribution is 2.77. The highest BCUT2D eigenvalue weighted by Gasteiger charge is 2.70. The second kappa shape index (κ2) is 14.7. The lowest BCUT2D eigenvalue weighted by Crippen LogP contribution is -2.65. The maximum Gasteiger partial charge on any atom is 0.309 e. The molecular formula is C46H69N3O6.